The molecular weight excluding hydrogens is 226 g/mol. The van der Waals surface area contributed by atoms with E-state index in [2.05, 4.69) is 30.6 Å². The first-order chi connectivity index (χ1) is 7.88. The Morgan fingerprint density at radius 2 is 2.31 bits per heavy atom. The number of aromatic amines is 1. The maximum atomic E-state index is 5.45. The Morgan fingerprint density at radius 1 is 1.38 bits per heavy atom. The summed E-state index contributed by atoms with van der Waals surface area (Å²) in [5.74, 6) is 8.97. The molecule has 0 fully saturated rings. The first-order valence-corrected chi connectivity index (χ1v) is 5.84. The summed E-state index contributed by atoms with van der Waals surface area (Å²) in [6.45, 7) is 0. The SMILES string of the molecule is NNc1nc(-c2ncn[nH]2)nc2c1CSC2. The maximum Gasteiger partial charge on any atom is 0.199 e. The van der Waals surface area contributed by atoms with E-state index in [1.165, 1.54) is 6.33 Å². The predicted molar refractivity (Wildman–Crippen MR) is 60.2 cm³/mol. The molecule has 3 heterocycles. The Morgan fingerprint density at radius 3 is 3.06 bits per heavy atom. The standard InChI is InChI=1S/C8H9N7S/c9-14-6-4-1-16-2-5(4)12-8(13-6)7-10-3-11-15-7/h3H,1-2,9H2,(H,10,11,15)(H,12,13,14). The van der Waals surface area contributed by atoms with Crippen LogP contribution in [0.25, 0.3) is 11.6 Å². The van der Waals surface area contributed by atoms with E-state index in [-0.39, 0.29) is 0 Å². The Kier molecular flexibility index (Phi) is 2.22. The number of hydrazine groups is 1. The molecule has 2 aromatic heterocycles. The number of H-pyrrole nitrogens is 1. The number of rotatable bonds is 2. The lowest BCUT2D eigenvalue weighted by Gasteiger charge is -2.06. The summed E-state index contributed by atoms with van der Waals surface area (Å²) < 4.78 is 0. The van der Waals surface area contributed by atoms with Gasteiger partial charge in [0.15, 0.2) is 11.6 Å². The van der Waals surface area contributed by atoms with Crippen LogP contribution < -0.4 is 11.3 Å². The van der Waals surface area contributed by atoms with Gasteiger partial charge in [0.2, 0.25) is 0 Å². The van der Waals surface area contributed by atoms with Gasteiger partial charge < -0.3 is 5.43 Å². The number of nitrogens with one attached hydrogen (secondary N) is 2. The van der Waals surface area contributed by atoms with Crippen LogP contribution in [0.2, 0.25) is 0 Å². The molecule has 0 radical (unpaired) electrons. The number of nitrogen functional groups attached to an aromatic ring is 1. The Balaban J connectivity index is 2.15. The summed E-state index contributed by atoms with van der Waals surface area (Å²) >= 11 is 1.79. The molecule has 16 heavy (non-hydrogen) atoms. The van der Waals surface area contributed by atoms with Gasteiger partial charge in [-0.2, -0.15) is 16.9 Å². The van der Waals surface area contributed by atoms with Gasteiger partial charge in [-0.1, -0.05) is 0 Å². The smallest absolute Gasteiger partial charge is 0.199 e. The normalized spacial score (nSPS) is 13.8. The number of thioether (sulfide) groups is 1. The van der Waals surface area contributed by atoms with Crippen molar-refractivity contribution < 1.29 is 0 Å². The molecule has 0 atom stereocenters. The molecule has 0 saturated heterocycles. The quantitative estimate of drug-likeness (QED) is 0.507. The van der Waals surface area contributed by atoms with Crippen LogP contribution >= 0.6 is 11.8 Å². The lowest BCUT2D eigenvalue weighted by molar-refractivity contribution is 1.02. The highest BCUT2D eigenvalue weighted by atomic mass is 32.2. The molecule has 0 bridgehead atoms. The van der Waals surface area contributed by atoms with E-state index in [4.69, 9.17) is 5.84 Å². The van der Waals surface area contributed by atoms with Gasteiger partial charge in [0, 0.05) is 17.1 Å². The molecule has 8 heteroatoms. The average molecular weight is 235 g/mol. The van der Waals surface area contributed by atoms with Gasteiger partial charge >= 0.3 is 0 Å². The fraction of sp³-hybridized carbons (Fsp3) is 0.250. The van der Waals surface area contributed by atoms with Gasteiger partial charge in [-0.3, -0.25) is 5.10 Å². The zero-order chi connectivity index (χ0) is 11.0. The molecule has 2 aromatic rings. The number of nitrogens with zero attached hydrogens (tertiary/aromatic N) is 4. The molecule has 0 spiro atoms. The number of hydrogen-bond donors (Lipinski definition) is 3. The van der Waals surface area contributed by atoms with Crippen LogP contribution in [-0.4, -0.2) is 25.1 Å². The van der Waals surface area contributed by atoms with Gasteiger partial charge in [-0.25, -0.2) is 20.8 Å². The minimum atomic E-state index is 0.520. The molecule has 0 aliphatic carbocycles. The minimum absolute atomic E-state index is 0.520. The molecule has 7 nitrogen and oxygen atoms in total. The van der Waals surface area contributed by atoms with E-state index < -0.39 is 0 Å². The number of nitrogens with two attached hydrogens (primary N) is 1. The zero-order valence-corrected chi connectivity index (χ0v) is 9.08. The summed E-state index contributed by atoms with van der Waals surface area (Å²) in [5, 5.41) is 6.51. The van der Waals surface area contributed by atoms with Crippen LogP contribution in [-0.2, 0) is 11.5 Å². The monoisotopic (exact) mass is 235 g/mol. The van der Waals surface area contributed by atoms with Crippen LogP contribution in [0.15, 0.2) is 6.33 Å². The molecule has 4 N–H and O–H groups in total. The molecule has 0 saturated carbocycles. The number of fused-ring (bicyclic) bond motifs is 1. The fourth-order valence-electron chi connectivity index (χ4n) is 1.59. The molecule has 0 aromatic carbocycles. The second kappa shape index (κ2) is 3.72. The molecule has 0 amide bonds. The lowest BCUT2D eigenvalue weighted by Crippen LogP contribution is -2.13. The van der Waals surface area contributed by atoms with Crippen LogP contribution in [0.4, 0.5) is 5.82 Å². The van der Waals surface area contributed by atoms with Gasteiger partial charge in [0.1, 0.15) is 12.1 Å². The Bertz CT molecular complexity index is 509. The van der Waals surface area contributed by atoms with Crippen molar-refractivity contribution in [2.75, 3.05) is 5.43 Å². The third-order valence-electron chi connectivity index (χ3n) is 2.34. The van der Waals surface area contributed by atoms with Crippen LogP contribution in [0, 0.1) is 0 Å². The third-order valence-corrected chi connectivity index (χ3v) is 3.31. The van der Waals surface area contributed by atoms with Gasteiger partial charge in [-0.15, -0.1) is 0 Å². The second-order valence-electron chi connectivity index (χ2n) is 3.29. The summed E-state index contributed by atoms with van der Waals surface area (Å²) in [6.07, 6.45) is 1.43. The first kappa shape index (κ1) is 9.55. The number of hydrogen-bond acceptors (Lipinski definition) is 7. The fourth-order valence-corrected chi connectivity index (χ4v) is 2.63. The van der Waals surface area contributed by atoms with E-state index >= 15 is 0 Å². The summed E-state index contributed by atoms with van der Waals surface area (Å²) in [4.78, 5) is 12.8. The van der Waals surface area contributed by atoms with E-state index in [9.17, 15) is 0 Å². The van der Waals surface area contributed by atoms with Gasteiger partial charge in [0.05, 0.1) is 5.69 Å². The predicted octanol–water partition coefficient (Wildman–Crippen LogP) is 0.294. The Labute approximate surface area is 95.3 Å². The number of anilines is 1. The molecule has 82 valence electrons. The van der Waals surface area contributed by atoms with Crippen molar-refractivity contribution >= 4 is 17.6 Å². The topological polar surface area (TPSA) is 105 Å². The summed E-state index contributed by atoms with van der Waals surface area (Å²) in [5.41, 5.74) is 4.70. The first-order valence-electron chi connectivity index (χ1n) is 4.68. The second-order valence-corrected chi connectivity index (χ2v) is 4.28. The maximum absolute atomic E-state index is 5.45. The van der Waals surface area contributed by atoms with Crippen molar-refractivity contribution in [3.8, 4) is 11.6 Å². The van der Waals surface area contributed by atoms with Crippen molar-refractivity contribution in [2.45, 2.75) is 11.5 Å². The van der Waals surface area contributed by atoms with Crippen molar-refractivity contribution in [3.63, 3.8) is 0 Å². The highest BCUT2D eigenvalue weighted by Gasteiger charge is 2.20. The van der Waals surface area contributed by atoms with Gasteiger partial charge in [0.25, 0.3) is 0 Å². The van der Waals surface area contributed by atoms with Gasteiger partial charge in [-0.05, 0) is 0 Å². The number of aromatic nitrogens is 5. The van der Waals surface area contributed by atoms with E-state index in [0.717, 1.165) is 22.8 Å². The molecular formula is C8H9N7S. The minimum Gasteiger partial charge on any atom is -0.308 e. The molecule has 0 unspecified atom stereocenters. The molecule has 3 rings (SSSR count). The summed E-state index contributed by atoms with van der Waals surface area (Å²) in [7, 11) is 0. The average Bonchev–Trinajstić information content (AvgIpc) is 2.97. The van der Waals surface area contributed by atoms with Crippen molar-refractivity contribution in [1.29, 1.82) is 0 Å². The van der Waals surface area contributed by atoms with Crippen LogP contribution in [0.5, 0.6) is 0 Å². The zero-order valence-electron chi connectivity index (χ0n) is 8.27. The van der Waals surface area contributed by atoms with E-state index in [1.807, 2.05) is 0 Å². The van der Waals surface area contributed by atoms with E-state index in [1.54, 1.807) is 11.8 Å². The third kappa shape index (κ3) is 1.42. The molecule has 1 aliphatic rings. The summed E-state index contributed by atoms with van der Waals surface area (Å²) in [6, 6.07) is 0. The van der Waals surface area contributed by atoms with Crippen LogP contribution in [0.3, 0.4) is 0 Å². The van der Waals surface area contributed by atoms with Crippen LogP contribution in [0.1, 0.15) is 11.3 Å². The Hall–Kier alpha value is -1.67. The highest BCUT2D eigenvalue weighted by molar-refractivity contribution is 7.98. The van der Waals surface area contributed by atoms with Crippen molar-refractivity contribution in [1.82, 2.24) is 25.1 Å². The lowest BCUT2D eigenvalue weighted by atomic mass is 10.2. The van der Waals surface area contributed by atoms with Crippen molar-refractivity contribution in [3.05, 3.63) is 17.6 Å². The van der Waals surface area contributed by atoms with Crippen molar-refractivity contribution in [2.24, 2.45) is 5.84 Å². The molecule has 1 aliphatic heterocycles. The highest BCUT2D eigenvalue weighted by Crippen LogP contribution is 2.33. The van der Waals surface area contributed by atoms with E-state index in [0.29, 0.717) is 17.5 Å². The largest absolute Gasteiger partial charge is 0.308 e.